The summed E-state index contributed by atoms with van der Waals surface area (Å²) in [5.41, 5.74) is 2.72. The number of carbonyl (C=O) groups excluding carboxylic acids is 2. The lowest BCUT2D eigenvalue weighted by Gasteiger charge is -2.35. The van der Waals surface area contributed by atoms with Crippen molar-refractivity contribution in [1.82, 2.24) is 19.7 Å². The van der Waals surface area contributed by atoms with E-state index in [0.717, 1.165) is 17.7 Å². The smallest absolute Gasteiger partial charge is 0.228 e. The van der Waals surface area contributed by atoms with Crippen LogP contribution in [0.15, 0.2) is 28.7 Å². The number of amides is 2. The molecule has 1 aliphatic rings. The molecule has 0 atom stereocenters. The molecular formula is C22H30N4O3. The van der Waals surface area contributed by atoms with Crippen molar-refractivity contribution in [2.45, 2.75) is 26.7 Å². The molecule has 7 nitrogen and oxygen atoms in total. The summed E-state index contributed by atoms with van der Waals surface area (Å²) in [6, 6.07) is 7.96. The summed E-state index contributed by atoms with van der Waals surface area (Å²) < 4.78 is 5.80. The van der Waals surface area contributed by atoms with Crippen LogP contribution in [-0.4, -0.2) is 78.3 Å². The Morgan fingerprint density at radius 3 is 2.34 bits per heavy atom. The largest absolute Gasteiger partial charge is 0.441 e. The van der Waals surface area contributed by atoms with E-state index < -0.39 is 0 Å². The van der Waals surface area contributed by atoms with Crippen LogP contribution in [0.25, 0.3) is 11.5 Å². The average molecular weight is 399 g/mol. The lowest BCUT2D eigenvalue weighted by Crippen LogP contribution is -2.51. The second kappa shape index (κ2) is 9.22. The minimum absolute atomic E-state index is 0.0255. The van der Waals surface area contributed by atoms with Gasteiger partial charge in [-0.1, -0.05) is 17.7 Å². The first-order chi connectivity index (χ1) is 13.8. The van der Waals surface area contributed by atoms with Crippen molar-refractivity contribution in [2.75, 3.05) is 46.8 Å². The van der Waals surface area contributed by atoms with Gasteiger partial charge in [-0.25, -0.2) is 4.98 Å². The molecule has 1 saturated heterocycles. The average Bonchev–Trinajstić information content (AvgIpc) is 3.06. The molecule has 3 rings (SSSR count). The van der Waals surface area contributed by atoms with E-state index >= 15 is 0 Å². The van der Waals surface area contributed by atoms with Crippen LogP contribution in [0.5, 0.6) is 0 Å². The fourth-order valence-electron chi connectivity index (χ4n) is 3.43. The summed E-state index contributed by atoms with van der Waals surface area (Å²) in [5, 5.41) is 0. The molecule has 0 radical (unpaired) electrons. The Balaban J connectivity index is 1.56. The molecule has 29 heavy (non-hydrogen) atoms. The summed E-state index contributed by atoms with van der Waals surface area (Å²) in [6.45, 7) is 6.91. The molecule has 0 aliphatic carbocycles. The number of hydrogen-bond acceptors (Lipinski definition) is 5. The lowest BCUT2D eigenvalue weighted by molar-refractivity contribution is -0.139. The maximum absolute atomic E-state index is 12.7. The number of aromatic nitrogens is 1. The quantitative estimate of drug-likeness (QED) is 0.746. The Kier molecular flexibility index (Phi) is 6.69. The maximum atomic E-state index is 12.7. The molecule has 0 saturated carbocycles. The van der Waals surface area contributed by atoms with Crippen LogP contribution in [0.4, 0.5) is 0 Å². The highest BCUT2D eigenvalue weighted by molar-refractivity contribution is 5.80. The minimum Gasteiger partial charge on any atom is -0.441 e. The summed E-state index contributed by atoms with van der Waals surface area (Å²) >= 11 is 0. The van der Waals surface area contributed by atoms with Gasteiger partial charge in [-0.05, 0) is 40.1 Å². The monoisotopic (exact) mass is 398 g/mol. The fourth-order valence-corrected chi connectivity index (χ4v) is 3.43. The Bertz CT molecular complexity index is 867. The highest BCUT2D eigenvalue weighted by Gasteiger charge is 2.25. The van der Waals surface area contributed by atoms with Gasteiger partial charge in [0.05, 0.1) is 12.1 Å². The number of carbonyl (C=O) groups is 2. The standard InChI is InChI=1S/C22H30N4O3/c1-16-6-5-7-18(14-16)22-23-19(17(2)29-22)15-21(28)26-12-10-25(11-13-26)20(27)8-9-24(3)4/h5-7,14H,8-13,15H2,1-4H3. The van der Waals surface area contributed by atoms with Crippen LogP contribution >= 0.6 is 0 Å². The van der Waals surface area contributed by atoms with Gasteiger partial charge in [0.25, 0.3) is 0 Å². The molecule has 1 aromatic carbocycles. The summed E-state index contributed by atoms with van der Waals surface area (Å²) in [4.78, 5) is 35.2. The SMILES string of the molecule is Cc1cccc(-c2nc(CC(=O)N3CCN(C(=O)CCN(C)C)CC3)c(C)o2)c1. The molecule has 7 heteroatoms. The van der Waals surface area contributed by atoms with Gasteiger partial charge in [-0.3, -0.25) is 9.59 Å². The normalized spacial score (nSPS) is 14.5. The summed E-state index contributed by atoms with van der Waals surface area (Å²) in [7, 11) is 3.92. The number of aryl methyl sites for hydroxylation is 2. The van der Waals surface area contributed by atoms with Gasteiger partial charge in [0.1, 0.15) is 5.76 Å². The maximum Gasteiger partial charge on any atom is 0.228 e. The number of hydrogen-bond donors (Lipinski definition) is 0. The van der Waals surface area contributed by atoms with E-state index in [1.807, 2.05) is 66.9 Å². The first kappa shape index (κ1) is 21.0. The Morgan fingerprint density at radius 2 is 1.72 bits per heavy atom. The molecule has 0 unspecified atom stereocenters. The predicted molar refractivity (Wildman–Crippen MR) is 111 cm³/mol. The molecule has 2 heterocycles. The van der Waals surface area contributed by atoms with Gasteiger partial charge in [-0.2, -0.15) is 0 Å². The molecule has 0 bridgehead atoms. The number of piperazine rings is 1. The van der Waals surface area contributed by atoms with E-state index in [0.29, 0.717) is 49.9 Å². The van der Waals surface area contributed by atoms with Crippen LogP contribution in [0.3, 0.4) is 0 Å². The number of nitrogens with zero attached hydrogens (tertiary/aromatic N) is 4. The van der Waals surface area contributed by atoms with Crippen LogP contribution < -0.4 is 0 Å². The molecule has 1 fully saturated rings. The van der Waals surface area contributed by atoms with Gasteiger partial charge in [0, 0.05) is 44.7 Å². The molecule has 1 aromatic heterocycles. The highest BCUT2D eigenvalue weighted by atomic mass is 16.4. The van der Waals surface area contributed by atoms with E-state index in [1.54, 1.807) is 0 Å². The third-order valence-electron chi connectivity index (χ3n) is 5.23. The van der Waals surface area contributed by atoms with Gasteiger partial charge >= 0.3 is 0 Å². The van der Waals surface area contributed by atoms with E-state index in [2.05, 4.69) is 4.98 Å². The molecule has 1 aliphatic heterocycles. The van der Waals surface area contributed by atoms with Gasteiger partial charge in [0.2, 0.25) is 17.7 Å². The van der Waals surface area contributed by atoms with Crippen molar-refractivity contribution >= 4 is 11.8 Å². The van der Waals surface area contributed by atoms with Crippen molar-refractivity contribution in [3.05, 3.63) is 41.3 Å². The Labute approximate surface area is 172 Å². The zero-order valence-electron chi connectivity index (χ0n) is 17.8. The van der Waals surface area contributed by atoms with Crippen molar-refractivity contribution in [2.24, 2.45) is 0 Å². The third kappa shape index (κ3) is 5.44. The fraction of sp³-hybridized carbons (Fsp3) is 0.500. The van der Waals surface area contributed by atoms with Crippen LogP contribution in [0.2, 0.25) is 0 Å². The number of rotatable bonds is 6. The number of oxazole rings is 1. The zero-order chi connectivity index (χ0) is 21.0. The predicted octanol–water partition coefficient (Wildman–Crippen LogP) is 2.12. The summed E-state index contributed by atoms with van der Waals surface area (Å²) in [6.07, 6.45) is 0.733. The van der Waals surface area contributed by atoms with E-state index in [9.17, 15) is 9.59 Å². The molecule has 0 N–H and O–H groups in total. The second-order valence-corrected chi connectivity index (χ2v) is 7.88. The van der Waals surface area contributed by atoms with E-state index in [4.69, 9.17) is 4.42 Å². The van der Waals surface area contributed by atoms with E-state index in [1.165, 1.54) is 0 Å². The van der Waals surface area contributed by atoms with Crippen LogP contribution in [-0.2, 0) is 16.0 Å². The van der Waals surface area contributed by atoms with Gasteiger partial charge in [-0.15, -0.1) is 0 Å². The number of benzene rings is 1. The van der Waals surface area contributed by atoms with Crippen molar-refractivity contribution in [1.29, 1.82) is 0 Å². The van der Waals surface area contributed by atoms with Gasteiger partial charge < -0.3 is 19.1 Å². The van der Waals surface area contributed by atoms with Crippen LogP contribution in [0.1, 0.15) is 23.4 Å². The highest BCUT2D eigenvalue weighted by Crippen LogP contribution is 2.23. The van der Waals surface area contributed by atoms with Gasteiger partial charge in [0.15, 0.2) is 0 Å². The minimum atomic E-state index is 0.0255. The summed E-state index contributed by atoms with van der Waals surface area (Å²) in [5.74, 6) is 1.40. The third-order valence-corrected chi connectivity index (χ3v) is 5.23. The second-order valence-electron chi connectivity index (χ2n) is 7.88. The van der Waals surface area contributed by atoms with Crippen molar-refractivity contribution in [3.8, 4) is 11.5 Å². The Morgan fingerprint density at radius 1 is 1.07 bits per heavy atom. The van der Waals surface area contributed by atoms with Crippen LogP contribution in [0, 0.1) is 13.8 Å². The first-order valence-corrected chi connectivity index (χ1v) is 10.1. The molecule has 156 valence electrons. The molecular weight excluding hydrogens is 368 g/mol. The molecule has 0 spiro atoms. The zero-order valence-corrected chi connectivity index (χ0v) is 17.8. The lowest BCUT2D eigenvalue weighted by atomic mass is 10.1. The Hall–Kier alpha value is -2.67. The van der Waals surface area contributed by atoms with E-state index in [-0.39, 0.29) is 18.2 Å². The molecule has 2 amide bonds. The first-order valence-electron chi connectivity index (χ1n) is 10.1. The van der Waals surface area contributed by atoms with Crippen molar-refractivity contribution < 1.29 is 14.0 Å². The molecule has 2 aromatic rings. The van der Waals surface area contributed by atoms with Crippen molar-refractivity contribution in [3.63, 3.8) is 0 Å². The topological polar surface area (TPSA) is 69.9 Å².